The van der Waals surface area contributed by atoms with Crippen molar-refractivity contribution >= 4 is 15.9 Å². The van der Waals surface area contributed by atoms with E-state index in [9.17, 15) is 0 Å². The van der Waals surface area contributed by atoms with Gasteiger partial charge in [0.2, 0.25) is 0 Å². The second-order valence-electron chi connectivity index (χ2n) is 0.685. The predicted molar refractivity (Wildman–Crippen MR) is 33.7 cm³/mol. The van der Waals surface area contributed by atoms with Crippen LogP contribution in [0.2, 0.25) is 0 Å². The summed E-state index contributed by atoms with van der Waals surface area (Å²) in [5.41, 5.74) is 0. The molecule has 0 saturated heterocycles. The van der Waals surface area contributed by atoms with Crippen molar-refractivity contribution < 1.29 is 10.1 Å². The van der Waals surface area contributed by atoms with Crippen LogP contribution in [0.25, 0.3) is 0 Å². The maximum Gasteiger partial charge on any atom is 0.0791 e. The van der Waals surface area contributed by atoms with Gasteiger partial charge in [0.25, 0.3) is 0 Å². The van der Waals surface area contributed by atoms with Crippen LogP contribution in [-0.4, -0.2) is 17.2 Å². The van der Waals surface area contributed by atoms with Crippen molar-refractivity contribution in [3.05, 3.63) is 0 Å². The van der Waals surface area contributed by atoms with Crippen molar-refractivity contribution in [2.45, 2.75) is 13.8 Å². The highest BCUT2D eigenvalue weighted by atomic mass is 79.9. The third kappa shape index (κ3) is 63.2. The maximum atomic E-state index is 7.38. The van der Waals surface area contributed by atoms with E-state index in [0.29, 0.717) is 6.61 Å². The predicted octanol–water partition coefficient (Wildman–Crippen LogP) is 1.90. The molecule has 46 valence electrons. The molecule has 3 heteroatoms. The van der Waals surface area contributed by atoms with Gasteiger partial charge < -0.3 is 0 Å². The largest absolute Gasteiger partial charge is 0.252 e. The van der Waals surface area contributed by atoms with Gasteiger partial charge in [0.05, 0.1) is 6.61 Å². The fourth-order valence-electron chi connectivity index (χ4n) is 0. The van der Waals surface area contributed by atoms with Crippen LogP contribution in [0.3, 0.4) is 0 Å². The Labute approximate surface area is 52.5 Å². The third-order valence-corrected chi connectivity index (χ3v) is 0.129. The zero-order valence-corrected chi connectivity index (χ0v) is 6.23. The SMILES string of the molecule is CCBr.CCOO. The van der Waals surface area contributed by atoms with Crippen LogP contribution >= 0.6 is 15.9 Å². The van der Waals surface area contributed by atoms with Crippen LogP contribution < -0.4 is 0 Å². The first kappa shape index (κ1) is 10.4. The van der Waals surface area contributed by atoms with E-state index in [1.54, 1.807) is 6.92 Å². The van der Waals surface area contributed by atoms with Gasteiger partial charge in [-0.05, 0) is 6.92 Å². The van der Waals surface area contributed by atoms with Crippen molar-refractivity contribution in [1.29, 1.82) is 0 Å². The van der Waals surface area contributed by atoms with Crippen LogP contribution in [0.15, 0.2) is 0 Å². The topological polar surface area (TPSA) is 29.5 Å². The summed E-state index contributed by atoms with van der Waals surface area (Å²) in [7, 11) is 0. The molecule has 2 nitrogen and oxygen atoms in total. The average Bonchev–Trinajstić information content (AvgIpc) is 1.69. The third-order valence-electron chi connectivity index (χ3n) is 0.129. The molecule has 0 aliphatic carbocycles. The average molecular weight is 171 g/mol. The molecule has 0 spiro atoms. The molecule has 0 unspecified atom stereocenters. The Balaban J connectivity index is 0. The quantitative estimate of drug-likeness (QED) is 0.371. The first-order chi connectivity index (χ1) is 3.33. The minimum atomic E-state index is 0.375. The molecule has 0 aromatic rings. The van der Waals surface area contributed by atoms with Gasteiger partial charge in [-0.3, -0.25) is 5.26 Å². The molecule has 0 heterocycles. The number of halogens is 1. The van der Waals surface area contributed by atoms with Crippen LogP contribution in [0.4, 0.5) is 0 Å². The van der Waals surface area contributed by atoms with Crippen molar-refractivity contribution in [2.75, 3.05) is 11.9 Å². The van der Waals surface area contributed by atoms with Gasteiger partial charge in [0.1, 0.15) is 0 Å². The van der Waals surface area contributed by atoms with Gasteiger partial charge in [0.15, 0.2) is 0 Å². The van der Waals surface area contributed by atoms with Crippen LogP contribution in [-0.2, 0) is 4.89 Å². The normalized spacial score (nSPS) is 6.86. The summed E-state index contributed by atoms with van der Waals surface area (Å²) >= 11 is 3.15. The molecule has 0 aliphatic rings. The molecule has 0 aromatic carbocycles. The first-order valence-electron chi connectivity index (χ1n) is 2.15. The van der Waals surface area contributed by atoms with Gasteiger partial charge in [-0.15, -0.1) is 0 Å². The van der Waals surface area contributed by atoms with E-state index in [4.69, 9.17) is 5.26 Å². The molecule has 0 atom stereocenters. The Kier molecular flexibility index (Phi) is 24.0. The molecule has 7 heavy (non-hydrogen) atoms. The second-order valence-corrected chi connectivity index (χ2v) is 1.81. The van der Waals surface area contributed by atoms with E-state index in [1.165, 1.54) is 0 Å². The molecule has 0 rings (SSSR count). The molecule has 0 aromatic heterocycles. The molecule has 0 bridgehead atoms. The molecule has 0 saturated carbocycles. The lowest BCUT2D eigenvalue weighted by Gasteiger charge is -1.73. The minimum absolute atomic E-state index is 0.375. The number of alkyl halides is 1. The summed E-state index contributed by atoms with van der Waals surface area (Å²) in [6, 6.07) is 0. The Bertz CT molecular complexity index is 17.2. The van der Waals surface area contributed by atoms with Gasteiger partial charge in [-0.25, -0.2) is 4.89 Å². The zero-order chi connectivity index (χ0) is 6.12. The Morgan fingerprint density at radius 3 is 1.71 bits per heavy atom. The van der Waals surface area contributed by atoms with E-state index in [2.05, 4.69) is 20.8 Å². The molecule has 0 amide bonds. The molecular weight excluding hydrogens is 160 g/mol. The minimum Gasteiger partial charge on any atom is -0.252 e. The molecular formula is C4H11BrO2. The lowest BCUT2D eigenvalue weighted by molar-refractivity contribution is -0.237. The Morgan fingerprint density at radius 2 is 1.71 bits per heavy atom. The summed E-state index contributed by atoms with van der Waals surface area (Å²) in [5, 5.41) is 8.44. The maximum absolute atomic E-state index is 7.38. The lowest BCUT2D eigenvalue weighted by Crippen LogP contribution is -1.74. The van der Waals surface area contributed by atoms with Crippen molar-refractivity contribution in [2.24, 2.45) is 0 Å². The summed E-state index contributed by atoms with van der Waals surface area (Å²) in [4.78, 5) is 3.54. The molecule has 0 fully saturated rings. The summed E-state index contributed by atoms with van der Waals surface area (Å²) in [6.45, 7) is 4.12. The summed E-state index contributed by atoms with van der Waals surface area (Å²) in [6.07, 6.45) is 0. The fourth-order valence-corrected chi connectivity index (χ4v) is 0. The number of hydrogen-bond donors (Lipinski definition) is 1. The van der Waals surface area contributed by atoms with Crippen molar-refractivity contribution in [1.82, 2.24) is 0 Å². The van der Waals surface area contributed by atoms with E-state index in [0.717, 1.165) is 5.33 Å². The highest BCUT2D eigenvalue weighted by Gasteiger charge is 1.54. The smallest absolute Gasteiger partial charge is 0.0791 e. The van der Waals surface area contributed by atoms with E-state index in [-0.39, 0.29) is 0 Å². The summed E-state index contributed by atoms with van der Waals surface area (Å²) < 4.78 is 0. The highest BCUT2D eigenvalue weighted by Crippen LogP contribution is 1.67. The zero-order valence-electron chi connectivity index (χ0n) is 4.65. The molecule has 0 radical (unpaired) electrons. The number of rotatable bonds is 1. The first-order valence-corrected chi connectivity index (χ1v) is 3.27. The van der Waals surface area contributed by atoms with Crippen LogP contribution in [0.1, 0.15) is 13.8 Å². The second kappa shape index (κ2) is 16.1. The van der Waals surface area contributed by atoms with Gasteiger partial charge in [0, 0.05) is 5.33 Å². The highest BCUT2D eigenvalue weighted by molar-refractivity contribution is 9.09. The summed E-state index contributed by atoms with van der Waals surface area (Å²) in [5.74, 6) is 0. The van der Waals surface area contributed by atoms with Crippen LogP contribution in [0, 0.1) is 0 Å². The van der Waals surface area contributed by atoms with Gasteiger partial charge >= 0.3 is 0 Å². The van der Waals surface area contributed by atoms with Crippen molar-refractivity contribution in [3.8, 4) is 0 Å². The molecule has 1 N–H and O–H groups in total. The molecule has 0 aliphatic heterocycles. The standard InChI is InChI=1S/C2H5Br.C2H6O2/c1-2-3;1-2-4-3/h2H2,1H3;3H,2H2,1H3. The fraction of sp³-hybridized carbons (Fsp3) is 1.00. The van der Waals surface area contributed by atoms with Crippen molar-refractivity contribution in [3.63, 3.8) is 0 Å². The monoisotopic (exact) mass is 170 g/mol. The van der Waals surface area contributed by atoms with E-state index in [1.807, 2.05) is 6.92 Å². The van der Waals surface area contributed by atoms with E-state index < -0.39 is 0 Å². The van der Waals surface area contributed by atoms with Crippen LogP contribution in [0.5, 0.6) is 0 Å². The Morgan fingerprint density at radius 1 is 1.57 bits per heavy atom. The van der Waals surface area contributed by atoms with Gasteiger partial charge in [-0.1, -0.05) is 22.9 Å². The van der Waals surface area contributed by atoms with E-state index >= 15 is 0 Å². The lowest BCUT2D eigenvalue weighted by atomic mass is 10.9. The van der Waals surface area contributed by atoms with Gasteiger partial charge in [-0.2, -0.15) is 0 Å². The Hall–Kier alpha value is 0.400. The number of hydrogen-bond acceptors (Lipinski definition) is 2.